The van der Waals surface area contributed by atoms with Gasteiger partial charge in [0, 0.05) is 32.4 Å². The van der Waals surface area contributed by atoms with E-state index in [4.69, 9.17) is 9.97 Å². The summed E-state index contributed by atoms with van der Waals surface area (Å²) in [6.45, 7) is 5.81. The van der Waals surface area contributed by atoms with Crippen LogP contribution in [0.25, 0.3) is 22.2 Å². The molecule has 0 saturated carbocycles. The number of rotatable bonds is 6. The Bertz CT molecular complexity index is 1770. The van der Waals surface area contributed by atoms with Gasteiger partial charge >= 0.3 is 11.7 Å². The number of aromatic nitrogens is 6. The summed E-state index contributed by atoms with van der Waals surface area (Å²) in [5, 5.41) is 9.28. The van der Waals surface area contributed by atoms with Crippen LogP contribution in [-0.4, -0.2) is 53.2 Å². The Morgan fingerprint density at radius 3 is 2.45 bits per heavy atom. The van der Waals surface area contributed by atoms with Gasteiger partial charge in [-0.2, -0.15) is 0 Å². The number of aliphatic carboxylic acids is 1. The monoisotopic (exact) mass is 543 g/mol. The van der Waals surface area contributed by atoms with Crippen molar-refractivity contribution in [3.63, 3.8) is 0 Å². The summed E-state index contributed by atoms with van der Waals surface area (Å²) in [7, 11) is 1.59. The second kappa shape index (κ2) is 11.2. The first-order valence-electron chi connectivity index (χ1n) is 13.6. The van der Waals surface area contributed by atoms with Crippen LogP contribution in [0.1, 0.15) is 43.9 Å². The van der Waals surface area contributed by atoms with Gasteiger partial charge in [0.1, 0.15) is 11.6 Å². The molecule has 1 aliphatic heterocycles. The van der Waals surface area contributed by atoms with Crippen LogP contribution in [0.3, 0.4) is 0 Å². The number of hydrogen-bond acceptors (Lipinski definition) is 6. The molecule has 0 amide bonds. The Morgan fingerprint density at radius 2 is 1.75 bits per heavy atom. The molecule has 3 aromatic heterocycles. The highest BCUT2D eigenvalue weighted by atomic mass is 16.4. The predicted molar refractivity (Wildman–Crippen MR) is 154 cm³/mol. The first-order chi connectivity index (χ1) is 19.4. The van der Waals surface area contributed by atoms with Gasteiger partial charge in [-0.15, -0.1) is 0 Å². The smallest absolute Gasteiger partial charge is 0.329 e. The van der Waals surface area contributed by atoms with Crippen LogP contribution in [0, 0.1) is 5.92 Å². The molecule has 208 valence electrons. The molecule has 0 atom stereocenters. The van der Waals surface area contributed by atoms with Crippen LogP contribution >= 0.6 is 0 Å². The lowest BCUT2D eigenvalue weighted by atomic mass is 9.97. The molecule has 5 aromatic rings. The number of hydrogen-bond donors (Lipinski definition) is 3. The third-order valence-corrected chi connectivity index (χ3v) is 7.32. The lowest BCUT2D eigenvalue weighted by Gasteiger charge is -2.31. The van der Waals surface area contributed by atoms with E-state index >= 15 is 0 Å². The lowest BCUT2D eigenvalue weighted by Crippen LogP contribution is -2.36. The molecular formula is C29H33N7O4. The highest BCUT2D eigenvalue weighted by Crippen LogP contribution is 2.27. The number of carboxylic acid groups (broad SMARTS) is 1. The van der Waals surface area contributed by atoms with Gasteiger partial charge in [0.05, 0.1) is 23.4 Å². The van der Waals surface area contributed by atoms with Crippen LogP contribution in [0.5, 0.6) is 0 Å². The number of piperidine rings is 1. The van der Waals surface area contributed by atoms with Crippen LogP contribution in [0.2, 0.25) is 0 Å². The fourth-order valence-corrected chi connectivity index (χ4v) is 5.22. The summed E-state index contributed by atoms with van der Waals surface area (Å²) in [5.41, 5.74) is 3.38. The number of nitrogens with zero attached hydrogens (tertiary/aromatic N) is 5. The van der Waals surface area contributed by atoms with Crippen molar-refractivity contribution in [2.24, 2.45) is 13.0 Å². The third kappa shape index (κ3) is 5.14. The number of aromatic amines is 2. The molecule has 0 radical (unpaired) electrons. The molecule has 3 N–H and O–H groups in total. The standard InChI is InChI=1S/C27H27N7O4.C2H6/c1-32-24-23(25(35)31-27(32)38)34(15-16-5-3-2-4-6-16)22(30-24)14-21-28-19-8-7-18(13-20(19)29-21)33-11-9-17(10-12-33)26(36)37;1-2/h2-8,13,17H,9-12,14-15H2,1H3,(H,28,29)(H,36,37)(H,31,35,38);1-2H3. The number of benzene rings is 2. The number of imidazole rings is 2. The maximum Gasteiger partial charge on any atom is 0.329 e. The van der Waals surface area contributed by atoms with E-state index in [2.05, 4.69) is 14.9 Å². The van der Waals surface area contributed by atoms with E-state index in [0.717, 1.165) is 22.3 Å². The number of carbonyl (C=O) groups is 1. The minimum absolute atomic E-state index is 0.282. The van der Waals surface area contributed by atoms with Crippen molar-refractivity contribution in [1.82, 2.24) is 29.1 Å². The van der Waals surface area contributed by atoms with Gasteiger partial charge in [-0.1, -0.05) is 44.2 Å². The molecule has 6 rings (SSSR count). The minimum atomic E-state index is -0.723. The number of H-pyrrole nitrogens is 2. The van der Waals surface area contributed by atoms with Gasteiger partial charge in [0.25, 0.3) is 5.56 Å². The van der Waals surface area contributed by atoms with Crippen LogP contribution < -0.4 is 16.1 Å². The average molecular weight is 544 g/mol. The number of fused-ring (bicyclic) bond motifs is 2. The second-order valence-electron chi connectivity index (χ2n) is 9.75. The molecule has 40 heavy (non-hydrogen) atoms. The van der Waals surface area contributed by atoms with Crippen LogP contribution in [0.4, 0.5) is 5.69 Å². The average Bonchev–Trinajstić information content (AvgIpc) is 3.54. The molecule has 1 fully saturated rings. The molecule has 2 aromatic carbocycles. The van der Waals surface area contributed by atoms with Crippen molar-refractivity contribution in [2.75, 3.05) is 18.0 Å². The van der Waals surface area contributed by atoms with Gasteiger partial charge in [0.2, 0.25) is 0 Å². The Balaban J connectivity index is 0.00000158. The van der Waals surface area contributed by atoms with Crippen molar-refractivity contribution in [1.29, 1.82) is 0 Å². The zero-order chi connectivity index (χ0) is 28.4. The SMILES string of the molecule is CC.Cn1c(=O)[nH]c(=O)c2c1nc(Cc1nc3ccc(N4CCC(C(=O)O)CC4)cc3[nH]1)n2Cc1ccccc1. The van der Waals surface area contributed by atoms with Gasteiger partial charge in [-0.05, 0) is 36.6 Å². The molecule has 1 aliphatic rings. The maximum absolute atomic E-state index is 12.8. The first-order valence-corrected chi connectivity index (χ1v) is 13.6. The van der Waals surface area contributed by atoms with Crippen molar-refractivity contribution in [2.45, 2.75) is 39.7 Å². The number of nitrogens with one attached hydrogen (secondary N) is 2. The highest BCUT2D eigenvalue weighted by molar-refractivity contribution is 5.80. The van der Waals surface area contributed by atoms with Crippen molar-refractivity contribution in [3.8, 4) is 0 Å². The summed E-state index contributed by atoms with van der Waals surface area (Å²) in [4.78, 5) is 53.8. The van der Waals surface area contributed by atoms with E-state index in [-0.39, 0.29) is 5.92 Å². The van der Waals surface area contributed by atoms with Gasteiger partial charge in [-0.25, -0.2) is 14.8 Å². The van der Waals surface area contributed by atoms with Gasteiger partial charge in [-0.3, -0.25) is 19.1 Å². The first kappa shape index (κ1) is 26.9. The Kier molecular flexibility index (Phi) is 7.54. The van der Waals surface area contributed by atoms with E-state index in [1.807, 2.05) is 66.9 Å². The van der Waals surface area contributed by atoms with Crippen LogP contribution in [-0.2, 0) is 24.8 Å². The summed E-state index contributed by atoms with van der Waals surface area (Å²) < 4.78 is 3.19. The van der Waals surface area contributed by atoms with Crippen LogP contribution in [0.15, 0.2) is 58.1 Å². The predicted octanol–water partition coefficient (Wildman–Crippen LogP) is 3.27. The molecule has 0 aliphatic carbocycles. The topological polar surface area (TPSA) is 142 Å². The van der Waals surface area contributed by atoms with Crippen molar-refractivity contribution < 1.29 is 9.90 Å². The Hall–Kier alpha value is -4.67. The zero-order valence-corrected chi connectivity index (χ0v) is 22.8. The number of anilines is 1. The van der Waals surface area contributed by atoms with E-state index in [1.165, 1.54) is 4.57 Å². The fourth-order valence-electron chi connectivity index (χ4n) is 5.22. The molecule has 0 spiro atoms. The zero-order valence-electron chi connectivity index (χ0n) is 22.8. The van der Waals surface area contributed by atoms with E-state index < -0.39 is 17.2 Å². The number of aryl methyl sites for hydroxylation is 1. The summed E-state index contributed by atoms with van der Waals surface area (Å²) in [6.07, 6.45) is 1.59. The second-order valence-corrected chi connectivity index (χ2v) is 9.75. The lowest BCUT2D eigenvalue weighted by molar-refractivity contribution is -0.142. The maximum atomic E-state index is 12.8. The molecule has 4 heterocycles. The van der Waals surface area contributed by atoms with E-state index in [1.54, 1.807) is 7.05 Å². The minimum Gasteiger partial charge on any atom is -0.481 e. The normalized spacial score (nSPS) is 13.9. The van der Waals surface area contributed by atoms with E-state index in [0.29, 0.717) is 61.7 Å². The number of carboxylic acids is 1. The molecular weight excluding hydrogens is 510 g/mol. The summed E-state index contributed by atoms with van der Waals surface area (Å²) >= 11 is 0. The summed E-state index contributed by atoms with van der Waals surface area (Å²) in [6, 6.07) is 15.8. The van der Waals surface area contributed by atoms with Gasteiger partial charge in [0.15, 0.2) is 11.2 Å². The van der Waals surface area contributed by atoms with Crippen molar-refractivity contribution >= 4 is 33.9 Å². The molecule has 11 nitrogen and oxygen atoms in total. The Labute approximate surface area is 230 Å². The molecule has 0 bridgehead atoms. The molecule has 0 unspecified atom stereocenters. The quantitative estimate of drug-likeness (QED) is 0.298. The van der Waals surface area contributed by atoms with E-state index in [9.17, 15) is 19.5 Å². The summed E-state index contributed by atoms with van der Waals surface area (Å²) in [5.74, 6) is 0.299. The third-order valence-electron chi connectivity index (χ3n) is 7.32. The van der Waals surface area contributed by atoms with Crippen molar-refractivity contribution in [3.05, 3.63) is 86.6 Å². The Morgan fingerprint density at radius 1 is 1.02 bits per heavy atom. The largest absolute Gasteiger partial charge is 0.481 e. The molecule has 1 saturated heterocycles. The molecule has 11 heteroatoms. The van der Waals surface area contributed by atoms with Gasteiger partial charge < -0.3 is 19.6 Å². The fraction of sp³-hybridized carbons (Fsp3) is 0.345. The highest BCUT2D eigenvalue weighted by Gasteiger charge is 2.25.